The Labute approximate surface area is 108 Å². The predicted octanol–water partition coefficient (Wildman–Crippen LogP) is 2.65. The van der Waals surface area contributed by atoms with Crippen molar-refractivity contribution in [2.24, 2.45) is 11.8 Å². The number of hydrogen-bond acceptors (Lipinski definition) is 2. The van der Waals surface area contributed by atoms with Crippen molar-refractivity contribution in [1.29, 1.82) is 0 Å². The van der Waals surface area contributed by atoms with Crippen molar-refractivity contribution >= 4 is 17.6 Å². The van der Waals surface area contributed by atoms with E-state index < -0.39 is 23.2 Å². The Morgan fingerprint density at radius 1 is 1.32 bits per heavy atom. The maximum Gasteiger partial charge on any atom is 0.337 e. The van der Waals surface area contributed by atoms with Crippen LogP contribution < -0.4 is 5.32 Å². The number of aromatic carboxylic acids is 1. The maximum atomic E-state index is 13.1. The summed E-state index contributed by atoms with van der Waals surface area (Å²) in [7, 11) is 0. The first kappa shape index (κ1) is 13.5. The molecule has 0 saturated heterocycles. The lowest BCUT2D eigenvalue weighted by molar-refractivity contribution is -0.119. The molecular formula is C13H13F2NO3. The highest BCUT2D eigenvalue weighted by Gasteiger charge is 2.33. The van der Waals surface area contributed by atoms with Gasteiger partial charge in [-0.2, -0.15) is 0 Å². The van der Waals surface area contributed by atoms with Crippen LogP contribution in [0.5, 0.6) is 0 Å². The zero-order chi connectivity index (χ0) is 14.2. The topological polar surface area (TPSA) is 66.4 Å². The van der Waals surface area contributed by atoms with Crippen molar-refractivity contribution in [2.75, 3.05) is 5.32 Å². The van der Waals surface area contributed by atoms with E-state index in [0.717, 1.165) is 12.8 Å². The summed E-state index contributed by atoms with van der Waals surface area (Å²) in [6, 6.07) is 1.26. The van der Waals surface area contributed by atoms with Crippen molar-refractivity contribution < 1.29 is 23.5 Å². The summed E-state index contributed by atoms with van der Waals surface area (Å²) in [5.41, 5.74) is -0.681. The second-order valence-corrected chi connectivity index (χ2v) is 4.73. The first-order valence-corrected chi connectivity index (χ1v) is 5.93. The first-order valence-electron chi connectivity index (χ1n) is 5.93. The number of halogens is 2. The summed E-state index contributed by atoms with van der Waals surface area (Å²) < 4.78 is 26.1. The van der Waals surface area contributed by atoms with Crippen LogP contribution in [-0.2, 0) is 4.79 Å². The van der Waals surface area contributed by atoms with Crippen LogP contribution in [-0.4, -0.2) is 17.0 Å². The Balaban J connectivity index is 2.25. The van der Waals surface area contributed by atoms with Gasteiger partial charge < -0.3 is 10.4 Å². The summed E-state index contributed by atoms with van der Waals surface area (Å²) in [6.45, 7) is 1.73. The summed E-state index contributed by atoms with van der Waals surface area (Å²) in [5.74, 6) is -4.23. The van der Waals surface area contributed by atoms with Crippen LogP contribution in [0, 0.1) is 23.5 Å². The fraction of sp³-hybridized carbons (Fsp3) is 0.385. The number of carbonyl (C=O) groups is 2. The van der Waals surface area contributed by atoms with Crippen LogP contribution in [0.4, 0.5) is 14.5 Å². The standard InChI is InChI=1S/C13H13F2NO3/c1-6(7-2-3-7)12(17)16-11-5-10(15)9(14)4-8(11)13(18)19/h4-7H,2-3H2,1H3,(H,16,17)(H,18,19). The molecule has 2 N–H and O–H groups in total. The van der Waals surface area contributed by atoms with Gasteiger partial charge in [-0.3, -0.25) is 4.79 Å². The van der Waals surface area contributed by atoms with E-state index in [1.807, 2.05) is 0 Å². The maximum absolute atomic E-state index is 13.1. The van der Waals surface area contributed by atoms with E-state index >= 15 is 0 Å². The number of carboxylic acids is 1. The van der Waals surface area contributed by atoms with Gasteiger partial charge in [0.2, 0.25) is 5.91 Å². The van der Waals surface area contributed by atoms with Gasteiger partial charge in [-0.15, -0.1) is 0 Å². The zero-order valence-electron chi connectivity index (χ0n) is 10.2. The Morgan fingerprint density at radius 3 is 2.42 bits per heavy atom. The summed E-state index contributed by atoms with van der Waals surface area (Å²) in [5, 5.41) is 11.3. The van der Waals surface area contributed by atoms with Gasteiger partial charge in [0.05, 0.1) is 11.3 Å². The summed E-state index contributed by atoms with van der Waals surface area (Å²) in [6.07, 6.45) is 1.91. The molecule has 1 unspecified atom stereocenters. The number of rotatable bonds is 4. The molecule has 2 rings (SSSR count). The van der Waals surface area contributed by atoms with E-state index in [1.165, 1.54) is 0 Å². The number of amides is 1. The van der Waals surface area contributed by atoms with Gasteiger partial charge in [0.25, 0.3) is 0 Å². The number of carbonyl (C=O) groups excluding carboxylic acids is 1. The number of anilines is 1. The fourth-order valence-electron chi connectivity index (χ4n) is 1.88. The normalized spacial score (nSPS) is 15.9. The predicted molar refractivity (Wildman–Crippen MR) is 63.8 cm³/mol. The second kappa shape index (κ2) is 4.95. The van der Waals surface area contributed by atoms with Crippen LogP contribution in [0.2, 0.25) is 0 Å². The van der Waals surface area contributed by atoms with Crippen LogP contribution in [0.3, 0.4) is 0 Å². The molecule has 1 atom stereocenters. The third-order valence-electron chi connectivity index (χ3n) is 3.29. The van der Waals surface area contributed by atoms with Crippen LogP contribution >= 0.6 is 0 Å². The fourth-order valence-corrected chi connectivity index (χ4v) is 1.88. The van der Waals surface area contributed by atoms with Gasteiger partial charge >= 0.3 is 5.97 Å². The third kappa shape index (κ3) is 2.89. The third-order valence-corrected chi connectivity index (χ3v) is 3.29. The smallest absolute Gasteiger partial charge is 0.337 e. The van der Waals surface area contributed by atoms with E-state index in [1.54, 1.807) is 6.92 Å². The minimum Gasteiger partial charge on any atom is -0.478 e. The van der Waals surface area contributed by atoms with E-state index in [9.17, 15) is 18.4 Å². The van der Waals surface area contributed by atoms with Crippen LogP contribution in [0.15, 0.2) is 12.1 Å². The van der Waals surface area contributed by atoms with Crippen LogP contribution in [0.1, 0.15) is 30.1 Å². The molecule has 0 radical (unpaired) electrons. The Bertz CT molecular complexity index is 541. The van der Waals surface area contributed by atoms with Gasteiger partial charge in [0, 0.05) is 12.0 Å². The van der Waals surface area contributed by atoms with Crippen molar-refractivity contribution in [1.82, 2.24) is 0 Å². The van der Waals surface area contributed by atoms with Crippen molar-refractivity contribution in [3.63, 3.8) is 0 Å². The number of benzene rings is 1. The molecule has 0 aromatic heterocycles. The molecule has 1 aromatic carbocycles. The SMILES string of the molecule is CC(C(=O)Nc1cc(F)c(F)cc1C(=O)O)C1CC1. The molecular weight excluding hydrogens is 256 g/mol. The molecule has 0 heterocycles. The molecule has 6 heteroatoms. The molecule has 1 amide bonds. The molecule has 19 heavy (non-hydrogen) atoms. The molecule has 0 bridgehead atoms. The van der Waals surface area contributed by atoms with Crippen molar-refractivity contribution in [2.45, 2.75) is 19.8 Å². The lowest BCUT2D eigenvalue weighted by Gasteiger charge is -2.13. The Hall–Kier alpha value is -1.98. The summed E-state index contributed by atoms with van der Waals surface area (Å²) in [4.78, 5) is 22.8. The van der Waals surface area contributed by atoms with Crippen molar-refractivity contribution in [3.8, 4) is 0 Å². The van der Waals surface area contributed by atoms with Gasteiger partial charge in [-0.25, -0.2) is 13.6 Å². The molecule has 1 aliphatic rings. The number of nitrogens with one attached hydrogen (secondary N) is 1. The molecule has 1 fully saturated rings. The quantitative estimate of drug-likeness (QED) is 0.883. The molecule has 1 saturated carbocycles. The highest BCUT2D eigenvalue weighted by atomic mass is 19.2. The second-order valence-electron chi connectivity index (χ2n) is 4.73. The highest BCUT2D eigenvalue weighted by Crippen LogP contribution is 2.37. The zero-order valence-corrected chi connectivity index (χ0v) is 10.2. The minimum absolute atomic E-state index is 0.219. The van der Waals surface area contributed by atoms with E-state index in [-0.39, 0.29) is 17.5 Å². The van der Waals surface area contributed by atoms with Crippen LogP contribution in [0.25, 0.3) is 0 Å². The van der Waals surface area contributed by atoms with E-state index in [0.29, 0.717) is 18.1 Å². The van der Waals surface area contributed by atoms with Gasteiger partial charge in [0.15, 0.2) is 11.6 Å². The van der Waals surface area contributed by atoms with E-state index in [4.69, 9.17) is 5.11 Å². The monoisotopic (exact) mass is 269 g/mol. The van der Waals surface area contributed by atoms with Gasteiger partial charge in [0.1, 0.15) is 0 Å². The Morgan fingerprint density at radius 2 is 1.89 bits per heavy atom. The first-order chi connectivity index (χ1) is 8.90. The van der Waals surface area contributed by atoms with Gasteiger partial charge in [-0.1, -0.05) is 6.92 Å². The molecule has 1 aliphatic carbocycles. The van der Waals surface area contributed by atoms with Crippen molar-refractivity contribution in [3.05, 3.63) is 29.3 Å². The molecule has 102 valence electrons. The minimum atomic E-state index is -1.42. The molecule has 0 aliphatic heterocycles. The number of carboxylic acid groups (broad SMARTS) is 1. The lowest BCUT2D eigenvalue weighted by Crippen LogP contribution is -2.23. The van der Waals surface area contributed by atoms with E-state index in [2.05, 4.69) is 5.32 Å². The average molecular weight is 269 g/mol. The van der Waals surface area contributed by atoms with Gasteiger partial charge in [-0.05, 0) is 24.8 Å². The molecule has 0 spiro atoms. The summed E-state index contributed by atoms with van der Waals surface area (Å²) >= 11 is 0. The molecule has 1 aromatic rings. The lowest BCUT2D eigenvalue weighted by atomic mass is 10.0. The highest BCUT2D eigenvalue weighted by molar-refractivity contribution is 6.01. The largest absolute Gasteiger partial charge is 0.478 e. The molecule has 4 nitrogen and oxygen atoms in total. The average Bonchev–Trinajstić information content (AvgIpc) is 3.16. The Kier molecular flexibility index (Phi) is 3.50. The number of hydrogen-bond donors (Lipinski definition) is 2.